The zero-order valence-electron chi connectivity index (χ0n) is 7.02. The van der Waals surface area contributed by atoms with Gasteiger partial charge < -0.3 is 5.32 Å². The highest BCUT2D eigenvalue weighted by Crippen LogP contribution is 2.15. The summed E-state index contributed by atoms with van der Waals surface area (Å²) in [4.78, 5) is 4.15. The van der Waals surface area contributed by atoms with Gasteiger partial charge in [0, 0.05) is 11.6 Å². The number of aromatic nitrogens is 3. The van der Waals surface area contributed by atoms with Gasteiger partial charge in [-0.2, -0.15) is 0 Å². The molecule has 0 bridgehead atoms. The lowest BCUT2D eigenvalue weighted by molar-refractivity contribution is 1.02. The van der Waals surface area contributed by atoms with Gasteiger partial charge in [0.25, 0.3) is 0 Å². The van der Waals surface area contributed by atoms with E-state index in [1.807, 2.05) is 12.3 Å². The first-order valence-corrected chi connectivity index (χ1v) is 5.46. The Balaban J connectivity index is 1.93. The normalized spacial score (nSPS) is 10.2. The van der Waals surface area contributed by atoms with E-state index in [2.05, 4.69) is 20.5 Å². The lowest BCUT2D eigenvalue weighted by atomic mass is 10.7. The van der Waals surface area contributed by atoms with Crippen molar-refractivity contribution in [3.8, 4) is 0 Å². The van der Waals surface area contributed by atoms with Gasteiger partial charge in [0.2, 0.25) is 5.13 Å². The minimum Gasteiger partial charge on any atom is -0.354 e. The molecule has 0 aliphatic rings. The predicted molar refractivity (Wildman–Crippen MR) is 54.1 cm³/mol. The zero-order chi connectivity index (χ0) is 9.10. The molecule has 1 N–H and O–H groups in total. The number of anilines is 1. The van der Waals surface area contributed by atoms with Crippen molar-refractivity contribution in [3.63, 3.8) is 0 Å². The van der Waals surface area contributed by atoms with Crippen molar-refractivity contribution >= 4 is 27.8 Å². The summed E-state index contributed by atoms with van der Waals surface area (Å²) in [6, 6.07) is 0. The van der Waals surface area contributed by atoms with Gasteiger partial charge in [-0.05, 0) is 6.92 Å². The second-order valence-corrected chi connectivity index (χ2v) is 4.57. The molecule has 0 aromatic carbocycles. The summed E-state index contributed by atoms with van der Waals surface area (Å²) in [6.45, 7) is 2.67. The van der Waals surface area contributed by atoms with Crippen molar-refractivity contribution < 1.29 is 0 Å². The van der Waals surface area contributed by atoms with Crippen LogP contribution in [0, 0.1) is 6.92 Å². The first-order valence-electron chi connectivity index (χ1n) is 3.77. The van der Waals surface area contributed by atoms with Crippen LogP contribution in [0.1, 0.15) is 10.0 Å². The van der Waals surface area contributed by atoms with Crippen molar-refractivity contribution in [2.24, 2.45) is 0 Å². The van der Waals surface area contributed by atoms with Crippen LogP contribution < -0.4 is 5.32 Å². The molecule has 0 fully saturated rings. The fraction of sp³-hybridized carbons (Fsp3) is 0.286. The van der Waals surface area contributed by atoms with Gasteiger partial charge >= 0.3 is 0 Å². The molecule has 68 valence electrons. The van der Waals surface area contributed by atoms with E-state index in [4.69, 9.17) is 0 Å². The average Bonchev–Trinajstić information content (AvgIpc) is 2.71. The quantitative estimate of drug-likeness (QED) is 0.844. The van der Waals surface area contributed by atoms with Crippen molar-refractivity contribution in [1.29, 1.82) is 0 Å². The monoisotopic (exact) mass is 212 g/mol. The summed E-state index contributed by atoms with van der Waals surface area (Å²) in [6.07, 6.45) is 1.80. The number of nitrogens with zero attached hydrogens (tertiary/aromatic N) is 3. The van der Waals surface area contributed by atoms with E-state index in [1.54, 1.807) is 28.9 Å². The second kappa shape index (κ2) is 3.80. The highest BCUT2D eigenvalue weighted by Gasteiger charge is 2.00. The standard InChI is InChI=1S/C7H8N4S2/c1-5-10-11-7(13-5)9-4-6-8-2-3-12-6/h2-3H,4H2,1H3,(H,9,11). The highest BCUT2D eigenvalue weighted by molar-refractivity contribution is 7.15. The molecule has 4 nitrogen and oxygen atoms in total. The molecule has 2 aromatic heterocycles. The van der Waals surface area contributed by atoms with E-state index in [9.17, 15) is 0 Å². The number of hydrogen-bond donors (Lipinski definition) is 1. The van der Waals surface area contributed by atoms with Crippen LogP contribution >= 0.6 is 22.7 Å². The van der Waals surface area contributed by atoms with E-state index < -0.39 is 0 Å². The fourth-order valence-electron chi connectivity index (χ4n) is 0.859. The first kappa shape index (κ1) is 8.58. The van der Waals surface area contributed by atoms with Gasteiger partial charge in [-0.15, -0.1) is 21.5 Å². The summed E-state index contributed by atoms with van der Waals surface area (Å²) in [5, 5.41) is 15.9. The smallest absolute Gasteiger partial charge is 0.206 e. The van der Waals surface area contributed by atoms with Crippen LogP contribution in [0.4, 0.5) is 5.13 Å². The van der Waals surface area contributed by atoms with Crippen molar-refractivity contribution in [3.05, 3.63) is 21.6 Å². The number of aryl methyl sites for hydroxylation is 1. The van der Waals surface area contributed by atoms with Crippen LogP contribution in [0.3, 0.4) is 0 Å². The third-order valence-corrected chi connectivity index (χ3v) is 2.98. The Morgan fingerprint density at radius 2 is 2.38 bits per heavy atom. The van der Waals surface area contributed by atoms with Crippen LogP contribution in [0.15, 0.2) is 11.6 Å². The predicted octanol–water partition coefficient (Wildman–Crippen LogP) is 1.92. The van der Waals surface area contributed by atoms with Crippen molar-refractivity contribution in [2.75, 3.05) is 5.32 Å². The van der Waals surface area contributed by atoms with Gasteiger partial charge in [0.05, 0.1) is 6.54 Å². The maximum absolute atomic E-state index is 4.15. The Bertz CT molecular complexity index is 368. The maximum Gasteiger partial charge on any atom is 0.206 e. The largest absolute Gasteiger partial charge is 0.354 e. The molecule has 0 saturated carbocycles. The van der Waals surface area contributed by atoms with E-state index in [1.165, 1.54) is 0 Å². The molecule has 0 amide bonds. The number of nitrogens with one attached hydrogen (secondary N) is 1. The van der Waals surface area contributed by atoms with Gasteiger partial charge in [0.1, 0.15) is 10.0 Å². The van der Waals surface area contributed by atoms with Crippen LogP contribution in [-0.4, -0.2) is 15.2 Å². The zero-order valence-corrected chi connectivity index (χ0v) is 8.65. The molecule has 2 rings (SSSR count). The Labute approximate surface area is 83.7 Å². The van der Waals surface area contributed by atoms with Gasteiger partial charge in [0.15, 0.2) is 0 Å². The van der Waals surface area contributed by atoms with E-state index in [0.717, 1.165) is 21.7 Å². The number of thiazole rings is 1. The van der Waals surface area contributed by atoms with Crippen LogP contribution in [0.2, 0.25) is 0 Å². The van der Waals surface area contributed by atoms with E-state index >= 15 is 0 Å². The third-order valence-electron chi connectivity index (χ3n) is 1.40. The Hall–Kier alpha value is -1.01. The molecule has 0 atom stereocenters. The molecule has 0 aliphatic heterocycles. The molecule has 2 heterocycles. The summed E-state index contributed by atoms with van der Waals surface area (Å²) in [7, 11) is 0. The molecule has 0 unspecified atom stereocenters. The molecule has 0 aliphatic carbocycles. The molecule has 0 spiro atoms. The Morgan fingerprint density at radius 1 is 1.46 bits per heavy atom. The van der Waals surface area contributed by atoms with Crippen LogP contribution in [0.25, 0.3) is 0 Å². The lowest BCUT2D eigenvalue weighted by Gasteiger charge is -1.95. The molecule has 2 aromatic rings. The molecule has 0 radical (unpaired) electrons. The van der Waals surface area contributed by atoms with Crippen LogP contribution in [-0.2, 0) is 6.54 Å². The minimum absolute atomic E-state index is 0.728. The average molecular weight is 212 g/mol. The lowest BCUT2D eigenvalue weighted by Crippen LogP contribution is -1.97. The SMILES string of the molecule is Cc1nnc(NCc2nccs2)s1. The molecule has 0 saturated heterocycles. The summed E-state index contributed by atoms with van der Waals surface area (Å²) in [5.74, 6) is 0. The third kappa shape index (κ3) is 2.22. The van der Waals surface area contributed by atoms with Crippen molar-refractivity contribution in [2.45, 2.75) is 13.5 Å². The van der Waals surface area contributed by atoms with Gasteiger partial charge in [-0.25, -0.2) is 4.98 Å². The fourth-order valence-corrected chi connectivity index (χ4v) is 2.00. The topological polar surface area (TPSA) is 50.7 Å². The molecular weight excluding hydrogens is 204 g/mol. The molecule has 13 heavy (non-hydrogen) atoms. The number of hydrogen-bond acceptors (Lipinski definition) is 6. The summed E-state index contributed by atoms with van der Waals surface area (Å²) < 4.78 is 0. The molecule has 6 heteroatoms. The van der Waals surface area contributed by atoms with E-state index in [0.29, 0.717) is 0 Å². The first-order chi connectivity index (χ1) is 6.34. The molecular formula is C7H8N4S2. The second-order valence-electron chi connectivity index (χ2n) is 2.41. The number of rotatable bonds is 3. The van der Waals surface area contributed by atoms with Crippen molar-refractivity contribution in [1.82, 2.24) is 15.2 Å². The Kier molecular flexibility index (Phi) is 2.51. The van der Waals surface area contributed by atoms with Gasteiger partial charge in [-0.1, -0.05) is 11.3 Å². The summed E-state index contributed by atoms with van der Waals surface area (Å²) >= 11 is 3.18. The Morgan fingerprint density at radius 3 is 3.00 bits per heavy atom. The minimum atomic E-state index is 0.728. The van der Waals surface area contributed by atoms with Crippen LogP contribution in [0.5, 0.6) is 0 Å². The highest BCUT2D eigenvalue weighted by atomic mass is 32.1. The summed E-state index contributed by atoms with van der Waals surface area (Å²) in [5.41, 5.74) is 0. The van der Waals surface area contributed by atoms with Gasteiger partial charge in [-0.3, -0.25) is 0 Å². The van der Waals surface area contributed by atoms with E-state index in [-0.39, 0.29) is 0 Å². The maximum atomic E-state index is 4.15.